The summed E-state index contributed by atoms with van der Waals surface area (Å²) < 4.78 is 3.74. The van der Waals surface area contributed by atoms with Gasteiger partial charge in [-0.1, -0.05) is 60.7 Å². The van der Waals surface area contributed by atoms with Crippen LogP contribution in [-0.2, 0) is 0 Å². The zero-order chi connectivity index (χ0) is 25.1. The number of guanidine groups is 2. The molecule has 12 heteroatoms. The Labute approximate surface area is 205 Å². The van der Waals surface area contributed by atoms with Crippen LogP contribution in [0.4, 0.5) is 0 Å². The predicted octanol–water partition coefficient (Wildman–Crippen LogP) is 1.53. The van der Waals surface area contributed by atoms with E-state index in [1.165, 1.54) is 0 Å². The monoisotopic (exact) mass is 478 g/mol. The van der Waals surface area contributed by atoms with Gasteiger partial charge < -0.3 is 22.9 Å². The zero-order valence-corrected chi connectivity index (χ0v) is 19.0. The Morgan fingerprint density at radius 1 is 0.667 bits per heavy atom. The van der Waals surface area contributed by atoms with Gasteiger partial charge in [0.25, 0.3) is 0 Å². The van der Waals surface area contributed by atoms with E-state index >= 15 is 0 Å². The number of hydrogen-bond acceptors (Lipinski definition) is 6. The predicted molar refractivity (Wildman–Crippen MR) is 142 cm³/mol. The van der Waals surface area contributed by atoms with E-state index in [1.807, 2.05) is 81.7 Å². The van der Waals surface area contributed by atoms with E-state index in [0.29, 0.717) is 34.2 Å². The smallest absolute Gasteiger partial charge is 0.221 e. The fraction of sp³-hybridized carbons (Fsp3) is 0. The van der Waals surface area contributed by atoms with Gasteiger partial charge in [0, 0.05) is 17.3 Å². The summed E-state index contributed by atoms with van der Waals surface area (Å²) in [5, 5.41) is 15.6. The van der Waals surface area contributed by atoms with Gasteiger partial charge in [0.15, 0.2) is 0 Å². The number of hydrogen-bond donors (Lipinski definition) is 4. The number of rotatable bonds is 6. The van der Waals surface area contributed by atoms with Gasteiger partial charge in [0.05, 0.1) is 35.2 Å². The molecule has 0 aliphatic rings. The van der Waals surface area contributed by atoms with Crippen molar-refractivity contribution in [1.82, 2.24) is 18.8 Å². The van der Waals surface area contributed by atoms with E-state index in [9.17, 15) is 0 Å². The summed E-state index contributed by atoms with van der Waals surface area (Å²) in [6.45, 7) is 0. The minimum absolute atomic E-state index is 0.149. The molecule has 0 aliphatic heterocycles. The van der Waals surface area contributed by atoms with Crippen LogP contribution in [0.5, 0.6) is 0 Å². The summed E-state index contributed by atoms with van der Waals surface area (Å²) >= 11 is 0. The van der Waals surface area contributed by atoms with Gasteiger partial charge in [-0.3, -0.25) is 8.80 Å². The molecule has 0 unspecified atom stereocenters. The molecule has 8 N–H and O–H groups in total. The van der Waals surface area contributed by atoms with Crippen molar-refractivity contribution >= 4 is 35.8 Å². The van der Waals surface area contributed by atoms with Crippen LogP contribution in [0, 0.1) is 0 Å². The normalized spacial score (nSPS) is 11.6. The quantitative estimate of drug-likeness (QED) is 0.163. The third-order valence-electron chi connectivity index (χ3n) is 5.24. The van der Waals surface area contributed by atoms with Gasteiger partial charge in [0.2, 0.25) is 17.7 Å². The topological polar surface area (TPSA) is 188 Å². The first-order valence-corrected chi connectivity index (χ1v) is 10.8. The van der Waals surface area contributed by atoms with Crippen molar-refractivity contribution in [3.8, 4) is 22.5 Å². The molecule has 0 fully saturated rings. The van der Waals surface area contributed by atoms with E-state index in [0.717, 1.165) is 11.1 Å². The molecule has 0 aliphatic carbocycles. The summed E-state index contributed by atoms with van der Waals surface area (Å²) in [5.41, 5.74) is 27.0. The van der Waals surface area contributed by atoms with E-state index in [4.69, 9.17) is 32.9 Å². The molecule has 2 aromatic carbocycles. The van der Waals surface area contributed by atoms with Crippen molar-refractivity contribution in [3.63, 3.8) is 0 Å². The molecule has 36 heavy (non-hydrogen) atoms. The molecule has 12 nitrogen and oxygen atoms in total. The molecule has 3 heterocycles. The molecule has 0 atom stereocenters. The number of aromatic nitrogens is 4. The molecular formula is C24H22N12. The number of benzene rings is 2. The van der Waals surface area contributed by atoms with Crippen molar-refractivity contribution < 1.29 is 0 Å². The molecule has 3 aromatic heterocycles. The molecule has 0 saturated heterocycles. The highest BCUT2D eigenvalue weighted by Crippen LogP contribution is 2.28. The van der Waals surface area contributed by atoms with Crippen molar-refractivity contribution in [2.24, 2.45) is 43.3 Å². The van der Waals surface area contributed by atoms with Crippen LogP contribution in [0.3, 0.4) is 0 Å². The standard InChI is InChI=1S/C24H22N12/c25-22(26)33-29-13-17-20(15-7-3-1-4-8-15)32-24-35(17)12-11-19-31-21(16-9-5-2-6-10-16)18(36(19)24)14-30-34-23(27)28/h1-14H,(H4,25,26,33)(H4,27,28,34)/b29-13+,30-14+. The van der Waals surface area contributed by atoms with Crippen LogP contribution in [0.25, 0.3) is 33.9 Å². The highest BCUT2D eigenvalue weighted by molar-refractivity contribution is 5.92. The average molecular weight is 479 g/mol. The molecule has 0 amide bonds. The Morgan fingerprint density at radius 2 is 1.19 bits per heavy atom. The van der Waals surface area contributed by atoms with Crippen LogP contribution in [0.1, 0.15) is 11.4 Å². The minimum Gasteiger partial charge on any atom is -0.369 e. The molecule has 0 saturated carbocycles. The lowest BCUT2D eigenvalue weighted by Gasteiger charge is -2.02. The van der Waals surface area contributed by atoms with Crippen LogP contribution >= 0.6 is 0 Å². The Bertz CT molecular complexity index is 1650. The first-order valence-electron chi connectivity index (χ1n) is 10.8. The molecule has 5 rings (SSSR count). The Hall–Kier alpha value is -5.52. The molecular weight excluding hydrogens is 456 g/mol. The largest absolute Gasteiger partial charge is 0.369 e. The summed E-state index contributed by atoms with van der Waals surface area (Å²) in [7, 11) is 0. The molecule has 0 bridgehead atoms. The summed E-state index contributed by atoms with van der Waals surface area (Å²) in [4.78, 5) is 9.80. The third kappa shape index (κ3) is 4.21. The van der Waals surface area contributed by atoms with Gasteiger partial charge in [-0.15, -0.1) is 10.2 Å². The molecule has 5 aromatic rings. The lowest BCUT2D eigenvalue weighted by Crippen LogP contribution is -2.21. The number of nitrogens with two attached hydrogens (primary N) is 4. The second kappa shape index (κ2) is 9.38. The fourth-order valence-electron chi connectivity index (χ4n) is 3.81. The highest BCUT2D eigenvalue weighted by Gasteiger charge is 2.20. The van der Waals surface area contributed by atoms with Gasteiger partial charge in [-0.05, 0) is 6.07 Å². The van der Waals surface area contributed by atoms with Crippen LogP contribution in [-0.4, -0.2) is 43.1 Å². The van der Waals surface area contributed by atoms with E-state index in [2.05, 4.69) is 20.4 Å². The second-order valence-electron chi connectivity index (χ2n) is 7.64. The lowest BCUT2D eigenvalue weighted by atomic mass is 10.1. The number of imidazole rings is 2. The zero-order valence-electron chi connectivity index (χ0n) is 19.0. The van der Waals surface area contributed by atoms with Crippen molar-refractivity contribution in [1.29, 1.82) is 0 Å². The Morgan fingerprint density at radius 3 is 1.75 bits per heavy atom. The minimum atomic E-state index is -0.156. The van der Waals surface area contributed by atoms with Crippen molar-refractivity contribution in [2.45, 2.75) is 0 Å². The van der Waals surface area contributed by atoms with Crippen LogP contribution < -0.4 is 22.9 Å². The first kappa shape index (κ1) is 22.3. The third-order valence-corrected chi connectivity index (χ3v) is 5.24. The maximum absolute atomic E-state index is 5.47. The SMILES string of the molecule is NC(N)=N/N=C/c1c(-c2ccccc2)nc2n1ccc1nc(-c3ccccc3)c(/C=N/N=C(N)N)n12. The van der Waals surface area contributed by atoms with Crippen molar-refractivity contribution in [3.05, 3.63) is 84.3 Å². The summed E-state index contributed by atoms with van der Waals surface area (Å²) in [6, 6.07) is 21.3. The Balaban J connectivity index is 1.84. The van der Waals surface area contributed by atoms with Gasteiger partial charge in [-0.2, -0.15) is 10.2 Å². The molecule has 0 radical (unpaired) electrons. The number of fused-ring (bicyclic) bond motifs is 3. The lowest BCUT2D eigenvalue weighted by molar-refractivity contribution is 1.05. The van der Waals surface area contributed by atoms with E-state index in [1.54, 1.807) is 12.4 Å². The highest BCUT2D eigenvalue weighted by atomic mass is 15.3. The van der Waals surface area contributed by atoms with E-state index in [-0.39, 0.29) is 11.9 Å². The summed E-state index contributed by atoms with van der Waals surface area (Å²) in [5.74, 6) is 0.263. The van der Waals surface area contributed by atoms with E-state index < -0.39 is 0 Å². The number of nitrogens with zero attached hydrogens (tertiary/aromatic N) is 8. The van der Waals surface area contributed by atoms with Crippen LogP contribution in [0.2, 0.25) is 0 Å². The second-order valence-corrected chi connectivity index (χ2v) is 7.64. The molecule has 0 spiro atoms. The Kier molecular flexibility index (Phi) is 5.81. The fourth-order valence-corrected chi connectivity index (χ4v) is 3.81. The summed E-state index contributed by atoms with van der Waals surface area (Å²) in [6.07, 6.45) is 4.96. The first-order chi connectivity index (χ1) is 17.5. The van der Waals surface area contributed by atoms with Gasteiger partial charge in [-0.25, -0.2) is 9.97 Å². The van der Waals surface area contributed by atoms with Gasteiger partial charge >= 0.3 is 0 Å². The van der Waals surface area contributed by atoms with Gasteiger partial charge in [0.1, 0.15) is 5.65 Å². The maximum atomic E-state index is 5.47. The molecule has 178 valence electrons. The average Bonchev–Trinajstić information content (AvgIpc) is 3.43. The maximum Gasteiger partial charge on any atom is 0.221 e. The van der Waals surface area contributed by atoms with Crippen LogP contribution in [0.15, 0.2) is 93.3 Å². The van der Waals surface area contributed by atoms with Crippen molar-refractivity contribution in [2.75, 3.05) is 0 Å².